The Balaban J connectivity index is 1.53. The van der Waals surface area contributed by atoms with Crippen LogP contribution in [-0.4, -0.2) is 38.7 Å². The maximum absolute atomic E-state index is 12.2. The Hall–Kier alpha value is -3.68. The van der Waals surface area contributed by atoms with Gasteiger partial charge in [-0.2, -0.15) is 0 Å². The van der Waals surface area contributed by atoms with Crippen LogP contribution in [0.15, 0.2) is 48.5 Å². The van der Waals surface area contributed by atoms with Gasteiger partial charge in [0.1, 0.15) is 18.1 Å². The summed E-state index contributed by atoms with van der Waals surface area (Å²) in [4.78, 5) is 24.1. The van der Waals surface area contributed by atoms with E-state index in [0.29, 0.717) is 28.6 Å². The zero-order valence-corrected chi connectivity index (χ0v) is 15.4. The predicted molar refractivity (Wildman–Crippen MR) is 101 cm³/mol. The second-order valence-corrected chi connectivity index (χ2v) is 5.82. The molecule has 0 fully saturated rings. The minimum Gasteiger partial charge on any atom is -0.497 e. The molecule has 1 atom stereocenters. The third-order valence-electron chi connectivity index (χ3n) is 3.91. The summed E-state index contributed by atoms with van der Waals surface area (Å²) >= 11 is 0. The Bertz CT molecular complexity index is 874. The molecule has 2 aromatic carbocycles. The van der Waals surface area contributed by atoms with E-state index >= 15 is 0 Å². The molecule has 0 bridgehead atoms. The Morgan fingerprint density at radius 2 is 1.71 bits per heavy atom. The van der Waals surface area contributed by atoms with E-state index in [-0.39, 0.29) is 6.61 Å². The van der Waals surface area contributed by atoms with Gasteiger partial charge < -0.3 is 18.9 Å². The van der Waals surface area contributed by atoms with Gasteiger partial charge in [0, 0.05) is 12.1 Å². The standard InChI is InChI=1S/C20H20N2O6/c1-25-14-9-13(10-15(11-14)26-2)7-8-19(23)21-22-20(24)18-12-27-16-5-3-4-6-17(16)28-18/h3-11,18H,12H2,1-2H3,(H,21,23)(H,22,24)/b8-7+. The van der Waals surface area contributed by atoms with Crippen LogP contribution in [-0.2, 0) is 9.59 Å². The van der Waals surface area contributed by atoms with Crippen molar-refractivity contribution in [2.75, 3.05) is 20.8 Å². The number of fused-ring (bicyclic) bond motifs is 1. The first-order chi connectivity index (χ1) is 13.6. The smallest absolute Gasteiger partial charge is 0.283 e. The van der Waals surface area contributed by atoms with Crippen molar-refractivity contribution in [1.29, 1.82) is 0 Å². The second kappa shape index (κ2) is 8.81. The number of carbonyl (C=O) groups excluding carboxylic acids is 2. The minimum atomic E-state index is -0.859. The first kappa shape index (κ1) is 19.1. The lowest BCUT2D eigenvalue weighted by atomic mass is 10.2. The van der Waals surface area contributed by atoms with Gasteiger partial charge >= 0.3 is 0 Å². The molecule has 1 heterocycles. The van der Waals surface area contributed by atoms with Gasteiger partial charge in [-0.15, -0.1) is 0 Å². The van der Waals surface area contributed by atoms with Gasteiger partial charge in [-0.05, 0) is 35.9 Å². The fourth-order valence-electron chi connectivity index (χ4n) is 2.49. The SMILES string of the molecule is COc1cc(/C=C/C(=O)NNC(=O)C2COc3ccccc3O2)cc(OC)c1. The lowest BCUT2D eigenvalue weighted by molar-refractivity contribution is -0.134. The van der Waals surface area contributed by atoms with Gasteiger partial charge in [0.2, 0.25) is 6.10 Å². The molecular weight excluding hydrogens is 364 g/mol. The number of para-hydroxylation sites is 2. The van der Waals surface area contributed by atoms with E-state index in [1.165, 1.54) is 6.08 Å². The van der Waals surface area contributed by atoms with Crippen LogP contribution in [0.4, 0.5) is 0 Å². The monoisotopic (exact) mass is 384 g/mol. The van der Waals surface area contributed by atoms with Gasteiger partial charge in [0.25, 0.3) is 11.8 Å². The third-order valence-corrected chi connectivity index (χ3v) is 3.91. The molecule has 1 aliphatic heterocycles. The van der Waals surface area contributed by atoms with Gasteiger partial charge in [-0.25, -0.2) is 0 Å². The highest BCUT2D eigenvalue weighted by atomic mass is 16.6. The fraction of sp³-hybridized carbons (Fsp3) is 0.200. The van der Waals surface area contributed by atoms with Crippen LogP contribution in [0, 0.1) is 0 Å². The maximum atomic E-state index is 12.2. The van der Waals surface area contributed by atoms with Crippen molar-refractivity contribution in [2.24, 2.45) is 0 Å². The average molecular weight is 384 g/mol. The van der Waals surface area contributed by atoms with Crippen molar-refractivity contribution in [2.45, 2.75) is 6.10 Å². The molecular formula is C20H20N2O6. The van der Waals surface area contributed by atoms with Gasteiger partial charge in [0.05, 0.1) is 14.2 Å². The van der Waals surface area contributed by atoms with Crippen LogP contribution in [0.2, 0.25) is 0 Å². The van der Waals surface area contributed by atoms with Crippen molar-refractivity contribution in [3.63, 3.8) is 0 Å². The molecule has 2 amide bonds. The Labute approximate surface area is 162 Å². The number of nitrogens with one attached hydrogen (secondary N) is 2. The highest BCUT2D eigenvalue weighted by Crippen LogP contribution is 2.30. The van der Waals surface area contributed by atoms with Gasteiger partial charge in [0.15, 0.2) is 11.5 Å². The van der Waals surface area contributed by atoms with Crippen LogP contribution in [0.1, 0.15) is 5.56 Å². The van der Waals surface area contributed by atoms with E-state index in [2.05, 4.69) is 10.9 Å². The lowest BCUT2D eigenvalue weighted by Crippen LogP contribution is -2.50. The van der Waals surface area contributed by atoms with Crippen LogP contribution in [0.25, 0.3) is 6.08 Å². The van der Waals surface area contributed by atoms with Gasteiger partial charge in [-0.1, -0.05) is 12.1 Å². The largest absolute Gasteiger partial charge is 0.497 e. The second-order valence-electron chi connectivity index (χ2n) is 5.82. The summed E-state index contributed by atoms with van der Waals surface area (Å²) in [5.41, 5.74) is 5.33. The molecule has 0 aliphatic carbocycles. The number of methoxy groups -OCH3 is 2. The number of hydrazine groups is 1. The van der Waals surface area contributed by atoms with E-state index in [9.17, 15) is 9.59 Å². The topological polar surface area (TPSA) is 95.1 Å². The Kier molecular flexibility index (Phi) is 6.01. The number of hydrogen-bond acceptors (Lipinski definition) is 6. The number of amides is 2. The van der Waals surface area contributed by atoms with E-state index in [1.54, 1.807) is 56.7 Å². The van der Waals surface area contributed by atoms with Crippen LogP contribution in [0.5, 0.6) is 23.0 Å². The van der Waals surface area contributed by atoms with Crippen molar-refractivity contribution in [3.8, 4) is 23.0 Å². The summed E-state index contributed by atoms with van der Waals surface area (Å²) in [6.07, 6.45) is 1.99. The fourth-order valence-corrected chi connectivity index (χ4v) is 2.49. The van der Waals surface area contributed by atoms with Crippen LogP contribution < -0.4 is 29.8 Å². The quantitative estimate of drug-likeness (QED) is 0.602. The summed E-state index contributed by atoms with van der Waals surface area (Å²) < 4.78 is 21.4. The van der Waals surface area contributed by atoms with E-state index in [4.69, 9.17) is 18.9 Å². The molecule has 28 heavy (non-hydrogen) atoms. The molecule has 0 saturated carbocycles. The predicted octanol–water partition coefficient (Wildman–Crippen LogP) is 1.70. The number of carbonyl (C=O) groups is 2. The van der Waals surface area contributed by atoms with Crippen molar-refractivity contribution in [1.82, 2.24) is 10.9 Å². The molecule has 1 aliphatic rings. The number of benzene rings is 2. The number of hydrogen-bond donors (Lipinski definition) is 2. The van der Waals surface area contributed by atoms with E-state index in [1.807, 2.05) is 6.07 Å². The molecule has 0 radical (unpaired) electrons. The Morgan fingerprint density at radius 1 is 1.04 bits per heavy atom. The van der Waals surface area contributed by atoms with Crippen molar-refractivity contribution in [3.05, 3.63) is 54.1 Å². The molecule has 146 valence electrons. The minimum absolute atomic E-state index is 0.0537. The maximum Gasteiger partial charge on any atom is 0.283 e. The van der Waals surface area contributed by atoms with Gasteiger partial charge in [-0.3, -0.25) is 20.4 Å². The van der Waals surface area contributed by atoms with Crippen LogP contribution in [0.3, 0.4) is 0 Å². The zero-order valence-electron chi connectivity index (χ0n) is 15.4. The average Bonchev–Trinajstić information content (AvgIpc) is 2.75. The van der Waals surface area contributed by atoms with Crippen LogP contribution >= 0.6 is 0 Å². The summed E-state index contributed by atoms with van der Waals surface area (Å²) in [7, 11) is 3.08. The van der Waals surface area contributed by atoms with Crippen molar-refractivity contribution >= 4 is 17.9 Å². The highest BCUT2D eigenvalue weighted by molar-refractivity contribution is 5.93. The molecule has 0 spiro atoms. The normalized spacial score (nSPS) is 15.0. The molecule has 0 saturated heterocycles. The molecule has 0 aromatic heterocycles. The summed E-state index contributed by atoms with van der Waals surface area (Å²) in [6, 6.07) is 12.3. The van der Waals surface area contributed by atoms with E-state index in [0.717, 1.165) is 0 Å². The number of ether oxygens (including phenoxy) is 4. The lowest BCUT2D eigenvalue weighted by Gasteiger charge is -2.25. The molecule has 1 unspecified atom stereocenters. The molecule has 2 N–H and O–H groups in total. The first-order valence-electron chi connectivity index (χ1n) is 8.48. The van der Waals surface area contributed by atoms with Crippen molar-refractivity contribution < 1.29 is 28.5 Å². The first-order valence-corrected chi connectivity index (χ1v) is 8.48. The van der Waals surface area contributed by atoms with E-state index < -0.39 is 17.9 Å². The zero-order chi connectivity index (χ0) is 19.9. The molecule has 8 nitrogen and oxygen atoms in total. The molecule has 2 aromatic rings. The number of rotatable bonds is 5. The third kappa shape index (κ3) is 4.73. The molecule has 3 rings (SSSR count). The summed E-state index contributed by atoms with van der Waals surface area (Å²) in [6.45, 7) is 0.0537. The highest BCUT2D eigenvalue weighted by Gasteiger charge is 2.27. The molecule has 8 heteroatoms. The summed E-state index contributed by atoms with van der Waals surface area (Å²) in [5.74, 6) is 1.23. The summed E-state index contributed by atoms with van der Waals surface area (Å²) in [5, 5.41) is 0. The Morgan fingerprint density at radius 3 is 2.39 bits per heavy atom.